The van der Waals surface area contributed by atoms with Crippen LogP contribution in [0.3, 0.4) is 0 Å². The van der Waals surface area contributed by atoms with Crippen LogP contribution < -0.4 is 29.5 Å². The van der Waals surface area contributed by atoms with Crippen molar-refractivity contribution in [2.24, 2.45) is 0 Å². The van der Waals surface area contributed by atoms with Crippen molar-refractivity contribution in [3.05, 3.63) is 104 Å². The van der Waals surface area contributed by atoms with Crippen molar-refractivity contribution in [2.45, 2.75) is 161 Å². The summed E-state index contributed by atoms with van der Waals surface area (Å²) in [6.07, 6.45) is 27.3. The lowest BCUT2D eigenvalue weighted by molar-refractivity contribution is -0.385. The van der Waals surface area contributed by atoms with Gasteiger partial charge >= 0.3 is 14.2 Å². The molecule has 0 saturated heterocycles. The second-order valence-electron chi connectivity index (χ2n) is 17.5. The average Bonchev–Trinajstić information content (AvgIpc) is 3.97. The minimum Gasteiger partial charge on any atom is -0.519 e. The fraction of sp³-hybridized carbons (Fsp3) is 0.510. The first kappa shape index (κ1) is 44.1. The topological polar surface area (TPSA) is 123 Å². The summed E-state index contributed by atoms with van der Waals surface area (Å²) >= 11 is 0. The van der Waals surface area contributed by atoms with E-state index in [1.807, 2.05) is 0 Å². The molecule has 61 heavy (non-hydrogen) atoms. The Morgan fingerprint density at radius 3 is 1.15 bits per heavy atom. The molecular weight excluding hydrogens is 766 g/mol. The molecule has 4 aromatic carbocycles. The maximum Gasteiger partial charge on any atom is 0.632 e. The van der Waals surface area contributed by atoms with Crippen molar-refractivity contribution in [1.29, 1.82) is 0 Å². The summed E-state index contributed by atoms with van der Waals surface area (Å²) < 4.78 is 25.1. The Morgan fingerprint density at radius 2 is 0.787 bits per heavy atom. The number of non-ortho nitro benzene ring substituents is 2. The van der Waals surface area contributed by atoms with E-state index < -0.39 is 24.1 Å². The first-order chi connectivity index (χ1) is 29.8. The molecule has 3 aliphatic rings. The van der Waals surface area contributed by atoms with Crippen LogP contribution in [0.2, 0.25) is 0 Å². The van der Waals surface area contributed by atoms with Crippen LogP contribution in [0.25, 0.3) is 11.1 Å². The Labute approximate surface area is 362 Å². The highest BCUT2D eigenvalue weighted by atomic mass is 16.6. The maximum atomic E-state index is 11.5. The fourth-order valence-electron chi connectivity index (χ4n) is 9.70. The molecule has 7 rings (SSSR count). The summed E-state index contributed by atoms with van der Waals surface area (Å²) in [4.78, 5) is 22.3. The van der Waals surface area contributed by atoms with E-state index in [4.69, 9.17) is 18.6 Å². The van der Waals surface area contributed by atoms with Gasteiger partial charge in [0.05, 0.1) is 22.0 Å². The zero-order chi connectivity index (χ0) is 42.6. The van der Waals surface area contributed by atoms with Crippen molar-refractivity contribution >= 4 is 36.5 Å². The predicted molar refractivity (Wildman–Crippen MR) is 245 cm³/mol. The Bertz CT molecular complexity index is 1980. The van der Waals surface area contributed by atoms with E-state index in [9.17, 15) is 20.2 Å². The van der Waals surface area contributed by atoms with E-state index in [1.165, 1.54) is 162 Å². The molecule has 0 unspecified atom stereocenters. The maximum absolute atomic E-state index is 11.5. The summed E-state index contributed by atoms with van der Waals surface area (Å²) in [5.41, 5.74) is 6.33. The molecule has 0 fully saturated rings. The lowest BCUT2D eigenvalue weighted by Crippen LogP contribution is -2.41. The van der Waals surface area contributed by atoms with Gasteiger partial charge in [-0.3, -0.25) is 20.2 Å². The SMILES string of the molecule is CCCCCCCCCCCCC1(CCCCCCCCCCCC)c2cc(B3Oc4ccc([N+](=O)[O-])cc4O3)ccc2-c2ccc(B3Oc4ccc([N+](=O)[O-])cc4O3)cc21. The number of nitro benzene ring substituents is 2. The molecule has 10 nitrogen and oxygen atoms in total. The molecule has 0 N–H and O–H groups in total. The van der Waals surface area contributed by atoms with Gasteiger partial charge in [-0.2, -0.15) is 0 Å². The minimum absolute atomic E-state index is 0.0354. The van der Waals surface area contributed by atoms with Crippen molar-refractivity contribution in [1.82, 2.24) is 0 Å². The Hall–Kier alpha value is -4.99. The third-order valence-corrected chi connectivity index (χ3v) is 13.1. The number of rotatable bonds is 26. The zero-order valence-electron chi connectivity index (χ0n) is 36.3. The van der Waals surface area contributed by atoms with E-state index >= 15 is 0 Å². The van der Waals surface area contributed by atoms with Gasteiger partial charge in [-0.15, -0.1) is 0 Å². The van der Waals surface area contributed by atoms with Gasteiger partial charge in [-0.1, -0.05) is 179 Å². The highest BCUT2D eigenvalue weighted by molar-refractivity contribution is 6.64. The fourth-order valence-corrected chi connectivity index (χ4v) is 9.70. The van der Waals surface area contributed by atoms with Crippen LogP contribution in [-0.4, -0.2) is 24.1 Å². The van der Waals surface area contributed by atoms with Crippen LogP contribution in [0, 0.1) is 20.2 Å². The molecular formula is C49H62B2N2O8. The smallest absolute Gasteiger partial charge is 0.519 e. The van der Waals surface area contributed by atoms with E-state index in [1.54, 1.807) is 12.1 Å². The average molecular weight is 829 g/mol. The van der Waals surface area contributed by atoms with Gasteiger partial charge in [0.2, 0.25) is 0 Å². The van der Waals surface area contributed by atoms with E-state index in [-0.39, 0.29) is 16.8 Å². The molecule has 0 bridgehead atoms. The van der Waals surface area contributed by atoms with E-state index in [0.717, 1.165) is 36.6 Å². The highest BCUT2D eigenvalue weighted by Gasteiger charge is 2.46. The lowest BCUT2D eigenvalue weighted by Gasteiger charge is -2.33. The monoisotopic (exact) mass is 828 g/mol. The van der Waals surface area contributed by atoms with Gasteiger partial charge < -0.3 is 18.6 Å². The van der Waals surface area contributed by atoms with Crippen LogP contribution in [0.15, 0.2) is 72.8 Å². The first-order valence-corrected chi connectivity index (χ1v) is 23.3. The van der Waals surface area contributed by atoms with Crippen LogP contribution in [-0.2, 0) is 5.41 Å². The molecule has 2 aliphatic heterocycles. The van der Waals surface area contributed by atoms with E-state index in [2.05, 4.69) is 50.2 Å². The molecule has 0 aromatic heterocycles. The van der Waals surface area contributed by atoms with Gasteiger partial charge in [-0.25, -0.2) is 0 Å². The Balaban J connectivity index is 1.16. The summed E-state index contributed by atoms with van der Waals surface area (Å²) in [6.45, 7) is 4.53. The van der Waals surface area contributed by atoms with Crippen molar-refractivity contribution in [2.75, 3.05) is 0 Å². The molecule has 0 saturated carbocycles. The van der Waals surface area contributed by atoms with Gasteiger partial charge in [-0.05, 0) is 47.2 Å². The largest absolute Gasteiger partial charge is 0.632 e. The van der Waals surface area contributed by atoms with Crippen molar-refractivity contribution < 1.29 is 28.5 Å². The summed E-state index contributed by atoms with van der Waals surface area (Å²) in [7, 11) is -1.45. The second-order valence-corrected chi connectivity index (χ2v) is 17.5. The molecule has 12 heteroatoms. The number of fused-ring (bicyclic) bond motifs is 5. The first-order valence-electron chi connectivity index (χ1n) is 23.3. The minimum atomic E-state index is -0.725. The Morgan fingerprint density at radius 1 is 0.443 bits per heavy atom. The molecule has 0 spiro atoms. The number of nitrogens with zero attached hydrogens (tertiary/aromatic N) is 2. The molecule has 0 radical (unpaired) electrons. The summed E-state index contributed by atoms with van der Waals surface area (Å²) in [5.74, 6) is 1.73. The van der Waals surface area contributed by atoms with Crippen LogP contribution >= 0.6 is 0 Å². The molecule has 0 amide bonds. The van der Waals surface area contributed by atoms with Gasteiger partial charge in [0.15, 0.2) is 0 Å². The number of nitro groups is 2. The third-order valence-electron chi connectivity index (χ3n) is 13.1. The number of unbranched alkanes of at least 4 members (excludes halogenated alkanes) is 18. The molecule has 2 heterocycles. The van der Waals surface area contributed by atoms with Crippen molar-refractivity contribution in [3.63, 3.8) is 0 Å². The molecule has 322 valence electrons. The third kappa shape index (κ3) is 10.6. The number of hydrogen-bond acceptors (Lipinski definition) is 8. The normalized spacial score (nSPS) is 14.1. The molecule has 0 atom stereocenters. The highest BCUT2D eigenvalue weighted by Crippen LogP contribution is 2.54. The van der Waals surface area contributed by atoms with Crippen LogP contribution in [0.1, 0.15) is 166 Å². The standard InChI is InChI=1S/C49H62B2N2O8/c1-3-5-7-9-11-13-15-17-19-21-31-49(32-22-20-18-16-14-12-10-8-6-4-2)43-33-37(50-58-45-29-25-39(52(54)55)35-47(45)60-50)23-27-41(43)42-28-24-38(34-44(42)49)51-59-46-30-26-40(53(56)57)36-48(46)61-51/h23-30,33-36H,3-22,31-32H2,1-2H3. The molecule has 1 aliphatic carbocycles. The van der Waals surface area contributed by atoms with Gasteiger partial charge in [0.1, 0.15) is 23.0 Å². The summed E-state index contributed by atoms with van der Waals surface area (Å²) in [6, 6.07) is 22.0. The number of benzene rings is 4. The van der Waals surface area contributed by atoms with E-state index in [0.29, 0.717) is 23.0 Å². The summed E-state index contributed by atoms with van der Waals surface area (Å²) in [5, 5.41) is 23.1. The predicted octanol–water partition coefficient (Wildman–Crippen LogP) is 12.7. The second kappa shape index (κ2) is 21.2. The van der Waals surface area contributed by atoms with Crippen LogP contribution in [0.4, 0.5) is 11.4 Å². The van der Waals surface area contributed by atoms with Crippen LogP contribution in [0.5, 0.6) is 23.0 Å². The Kier molecular flexibility index (Phi) is 15.3. The zero-order valence-corrected chi connectivity index (χ0v) is 36.3. The van der Waals surface area contributed by atoms with Crippen molar-refractivity contribution in [3.8, 4) is 34.1 Å². The molecule has 4 aromatic rings. The number of hydrogen-bond donors (Lipinski definition) is 0. The quantitative estimate of drug-likeness (QED) is 0.0265. The van der Waals surface area contributed by atoms with Gasteiger partial charge in [0, 0.05) is 28.5 Å². The van der Waals surface area contributed by atoms with Gasteiger partial charge in [0.25, 0.3) is 11.4 Å². The lowest BCUT2D eigenvalue weighted by atomic mass is 9.67.